The van der Waals surface area contributed by atoms with Gasteiger partial charge in [-0.15, -0.1) is 11.3 Å². The average Bonchev–Trinajstić information content (AvgIpc) is 2.87. The second-order valence-corrected chi connectivity index (χ2v) is 6.92. The summed E-state index contributed by atoms with van der Waals surface area (Å²) >= 11 is 1.11. The van der Waals surface area contributed by atoms with Crippen LogP contribution in [0.5, 0.6) is 0 Å². The molecule has 0 bridgehead atoms. The van der Waals surface area contributed by atoms with Crippen LogP contribution in [0.25, 0.3) is 0 Å². The van der Waals surface area contributed by atoms with Gasteiger partial charge in [-0.05, 0) is 32.9 Å². The van der Waals surface area contributed by atoms with E-state index in [1.54, 1.807) is 38.3 Å². The van der Waals surface area contributed by atoms with Gasteiger partial charge in [-0.2, -0.15) is 0 Å². The largest absolute Gasteiger partial charge is 0.444 e. The summed E-state index contributed by atoms with van der Waals surface area (Å²) in [6.45, 7) is 5.23. The fourth-order valence-corrected chi connectivity index (χ4v) is 3.20. The Morgan fingerprint density at radius 1 is 1.26 bits per heavy atom. The number of amides is 1. The van der Waals surface area contributed by atoms with Crippen LogP contribution in [0.15, 0.2) is 23.7 Å². The number of hydrogen-bond donors (Lipinski definition) is 1. The molecule has 2 aromatic heterocycles. The summed E-state index contributed by atoms with van der Waals surface area (Å²) in [4.78, 5) is 41.2. The Morgan fingerprint density at radius 2 is 2.00 bits per heavy atom. The number of carbonyl (C=O) groups excluding carboxylic acids is 3. The number of anilines is 1. The first kappa shape index (κ1) is 15.4. The highest BCUT2D eigenvalue weighted by Crippen LogP contribution is 2.36. The molecule has 2 aromatic rings. The Kier molecular flexibility index (Phi) is 3.52. The van der Waals surface area contributed by atoms with Gasteiger partial charge in [0.05, 0.1) is 21.7 Å². The molecule has 0 aliphatic heterocycles. The van der Waals surface area contributed by atoms with E-state index >= 15 is 0 Å². The van der Waals surface area contributed by atoms with Gasteiger partial charge in [0.2, 0.25) is 5.78 Å². The van der Waals surface area contributed by atoms with E-state index in [1.807, 2.05) is 0 Å². The number of carbonyl (C=O) groups is 3. The van der Waals surface area contributed by atoms with Crippen molar-refractivity contribution in [3.8, 4) is 0 Å². The molecule has 118 valence electrons. The van der Waals surface area contributed by atoms with E-state index in [0.29, 0.717) is 0 Å². The molecule has 0 spiro atoms. The van der Waals surface area contributed by atoms with Crippen LogP contribution in [0.2, 0.25) is 0 Å². The first-order chi connectivity index (χ1) is 10.8. The predicted molar refractivity (Wildman–Crippen MR) is 85.3 cm³/mol. The SMILES string of the molecule is CC(C)(C)OC(=O)Nc1csc2c1C(=O)c1cccnc1C2=O. The average molecular weight is 330 g/mol. The Labute approximate surface area is 136 Å². The van der Waals surface area contributed by atoms with E-state index in [4.69, 9.17) is 4.74 Å². The van der Waals surface area contributed by atoms with Gasteiger partial charge in [-0.25, -0.2) is 4.79 Å². The number of ketones is 2. The Bertz CT molecular complexity index is 833. The number of ether oxygens (including phenoxy) is 1. The molecule has 0 saturated carbocycles. The van der Waals surface area contributed by atoms with Crippen molar-refractivity contribution in [2.45, 2.75) is 26.4 Å². The molecule has 7 heteroatoms. The standard InChI is InChI=1S/C16H14N2O4S/c1-16(2,3)22-15(21)18-9-7-23-14-10(9)12(19)8-5-4-6-17-11(8)13(14)20/h4-7H,1-3H3,(H,18,21). The number of rotatable bonds is 1. The molecule has 0 saturated heterocycles. The number of nitrogens with zero attached hydrogens (tertiary/aromatic N) is 1. The molecule has 23 heavy (non-hydrogen) atoms. The normalized spacial score (nSPS) is 13.3. The number of aromatic nitrogens is 1. The molecule has 1 amide bonds. The first-order valence-electron chi connectivity index (χ1n) is 6.94. The molecule has 1 aliphatic rings. The van der Waals surface area contributed by atoms with Gasteiger partial charge in [0.25, 0.3) is 0 Å². The van der Waals surface area contributed by atoms with Crippen molar-refractivity contribution in [1.29, 1.82) is 0 Å². The zero-order valence-electron chi connectivity index (χ0n) is 12.8. The summed E-state index contributed by atoms with van der Waals surface area (Å²) in [6, 6.07) is 3.16. The molecule has 6 nitrogen and oxygen atoms in total. The van der Waals surface area contributed by atoms with E-state index in [2.05, 4.69) is 10.3 Å². The first-order valence-corrected chi connectivity index (χ1v) is 7.82. The number of thiophene rings is 1. The van der Waals surface area contributed by atoms with Gasteiger partial charge in [0, 0.05) is 11.6 Å². The van der Waals surface area contributed by atoms with Crippen LogP contribution in [0.3, 0.4) is 0 Å². The fraction of sp³-hybridized carbons (Fsp3) is 0.250. The monoisotopic (exact) mass is 330 g/mol. The molecule has 0 aromatic carbocycles. The van der Waals surface area contributed by atoms with E-state index in [0.717, 1.165) is 11.3 Å². The number of fused-ring (bicyclic) bond motifs is 2. The van der Waals surface area contributed by atoms with Crippen molar-refractivity contribution in [2.75, 3.05) is 5.32 Å². The lowest BCUT2D eigenvalue weighted by molar-refractivity contribution is 0.0635. The zero-order chi connectivity index (χ0) is 16.8. The van der Waals surface area contributed by atoms with E-state index in [1.165, 1.54) is 6.20 Å². The molecule has 0 radical (unpaired) electrons. The highest BCUT2D eigenvalue weighted by molar-refractivity contribution is 7.13. The molecule has 0 fully saturated rings. The van der Waals surface area contributed by atoms with E-state index in [-0.39, 0.29) is 39.0 Å². The van der Waals surface area contributed by atoms with E-state index in [9.17, 15) is 14.4 Å². The number of pyridine rings is 1. The van der Waals surface area contributed by atoms with Crippen LogP contribution >= 0.6 is 11.3 Å². The molecule has 1 N–H and O–H groups in total. The minimum atomic E-state index is -0.671. The minimum Gasteiger partial charge on any atom is -0.444 e. The quantitative estimate of drug-likeness (QED) is 0.740. The van der Waals surface area contributed by atoms with Crippen LogP contribution < -0.4 is 5.32 Å². The van der Waals surface area contributed by atoms with Crippen LogP contribution in [-0.2, 0) is 4.74 Å². The van der Waals surface area contributed by atoms with Crippen LogP contribution in [0.4, 0.5) is 10.5 Å². The van der Waals surface area contributed by atoms with Gasteiger partial charge in [-0.3, -0.25) is 19.9 Å². The fourth-order valence-electron chi connectivity index (χ4n) is 2.27. The summed E-state index contributed by atoms with van der Waals surface area (Å²) in [5.74, 6) is -0.632. The van der Waals surface area contributed by atoms with Crippen LogP contribution in [0.1, 0.15) is 52.1 Å². The van der Waals surface area contributed by atoms with Crippen LogP contribution in [-0.4, -0.2) is 28.2 Å². The second-order valence-electron chi connectivity index (χ2n) is 6.04. The Morgan fingerprint density at radius 3 is 2.70 bits per heavy atom. The molecular formula is C16H14N2O4S. The molecule has 3 rings (SSSR count). The van der Waals surface area contributed by atoms with Crippen molar-refractivity contribution < 1.29 is 19.1 Å². The summed E-state index contributed by atoms with van der Waals surface area (Å²) in [5, 5.41) is 4.11. The summed E-state index contributed by atoms with van der Waals surface area (Å²) in [7, 11) is 0. The van der Waals surface area contributed by atoms with Crippen molar-refractivity contribution in [3.63, 3.8) is 0 Å². The van der Waals surface area contributed by atoms with Crippen molar-refractivity contribution in [1.82, 2.24) is 4.98 Å². The molecule has 1 aliphatic carbocycles. The van der Waals surface area contributed by atoms with Gasteiger partial charge in [-0.1, -0.05) is 0 Å². The van der Waals surface area contributed by atoms with Gasteiger partial charge in [0.15, 0.2) is 5.78 Å². The minimum absolute atomic E-state index is 0.149. The van der Waals surface area contributed by atoms with Crippen molar-refractivity contribution in [2.24, 2.45) is 0 Å². The number of nitrogens with one attached hydrogen (secondary N) is 1. The Balaban J connectivity index is 1.97. The maximum absolute atomic E-state index is 12.6. The molecule has 0 atom stereocenters. The maximum atomic E-state index is 12.6. The lowest BCUT2D eigenvalue weighted by Crippen LogP contribution is -2.28. The number of hydrogen-bond acceptors (Lipinski definition) is 6. The van der Waals surface area contributed by atoms with Crippen molar-refractivity contribution >= 4 is 34.7 Å². The van der Waals surface area contributed by atoms with Gasteiger partial charge >= 0.3 is 6.09 Å². The summed E-state index contributed by atoms with van der Waals surface area (Å²) < 4.78 is 5.18. The predicted octanol–water partition coefficient (Wildman–Crippen LogP) is 3.27. The molecule has 0 unspecified atom stereocenters. The van der Waals surface area contributed by atoms with Crippen LogP contribution in [0, 0.1) is 0 Å². The summed E-state index contributed by atoms with van der Waals surface area (Å²) in [5.41, 5.74) is 0.223. The molecule has 2 heterocycles. The maximum Gasteiger partial charge on any atom is 0.412 e. The molecular weight excluding hydrogens is 316 g/mol. The van der Waals surface area contributed by atoms with Crippen molar-refractivity contribution in [3.05, 3.63) is 45.4 Å². The lowest BCUT2D eigenvalue weighted by Gasteiger charge is -2.20. The third kappa shape index (κ3) is 2.75. The topological polar surface area (TPSA) is 85.4 Å². The third-order valence-electron chi connectivity index (χ3n) is 3.13. The van der Waals surface area contributed by atoms with E-state index < -0.39 is 11.7 Å². The summed E-state index contributed by atoms with van der Waals surface area (Å²) in [6.07, 6.45) is 0.804. The second kappa shape index (κ2) is 5.27. The lowest BCUT2D eigenvalue weighted by atomic mass is 9.92. The highest BCUT2D eigenvalue weighted by Gasteiger charge is 2.35. The van der Waals surface area contributed by atoms with Gasteiger partial charge < -0.3 is 4.74 Å². The smallest absolute Gasteiger partial charge is 0.412 e. The highest BCUT2D eigenvalue weighted by atomic mass is 32.1. The zero-order valence-corrected chi connectivity index (χ0v) is 13.6. The Hall–Kier alpha value is -2.54. The van der Waals surface area contributed by atoms with Gasteiger partial charge in [0.1, 0.15) is 11.3 Å². The third-order valence-corrected chi connectivity index (χ3v) is 4.11.